The molecule has 0 unspecified atom stereocenters. The van der Waals surface area contributed by atoms with Gasteiger partial charge >= 0.3 is 5.97 Å². The summed E-state index contributed by atoms with van der Waals surface area (Å²) in [5, 5.41) is 4.21. The van der Waals surface area contributed by atoms with Gasteiger partial charge in [0.25, 0.3) is 0 Å². The highest BCUT2D eigenvalue weighted by Gasteiger charge is 2.17. The number of hydrogen-bond donors (Lipinski definition) is 0. The van der Waals surface area contributed by atoms with Gasteiger partial charge in [-0.2, -0.15) is 5.10 Å². The fourth-order valence-corrected chi connectivity index (χ4v) is 1.67. The lowest BCUT2D eigenvalue weighted by Gasteiger charge is -2.02. The Hall–Kier alpha value is -2.17. The Morgan fingerprint density at radius 1 is 1.39 bits per heavy atom. The number of esters is 1. The summed E-state index contributed by atoms with van der Waals surface area (Å²) in [7, 11) is 1.72. The van der Waals surface area contributed by atoms with Gasteiger partial charge in [-0.1, -0.05) is 0 Å². The largest absolute Gasteiger partial charge is 0.462 e. The minimum absolute atomic E-state index is 0.302. The minimum atomic E-state index is -0.426. The standard InChI is InChI=1S/C13H13FN2O2/c1-3-18-13(17)11-8-16(2)15-12(11)9-4-6-10(14)7-5-9/h4-8H,3H2,1-2H3. The van der Waals surface area contributed by atoms with Gasteiger partial charge in [0.1, 0.15) is 17.1 Å². The molecule has 2 aromatic rings. The van der Waals surface area contributed by atoms with Crippen molar-refractivity contribution >= 4 is 5.97 Å². The number of benzene rings is 1. The molecule has 0 aliphatic heterocycles. The van der Waals surface area contributed by atoms with Gasteiger partial charge in [-0.25, -0.2) is 9.18 Å². The molecule has 0 atom stereocenters. The Morgan fingerprint density at radius 2 is 2.06 bits per heavy atom. The minimum Gasteiger partial charge on any atom is -0.462 e. The number of nitrogens with zero attached hydrogens (tertiary/aromatic N) is 2. The lowest BCUT2D eigenvalue weighted by atomic mass is 10.1. The third-order valence-electron chi connectivity index (χ3n) is 2.44. The molecular weight excluding hydrogens is 235 g/mol. The Labute approximate surface area is 104 Å². The molecule has 4 nitrogen and oxygen atoms in total. The third kappa shape index (κ3) is 2.40. The van der Waals surface area contributed by atoms with Crippen LogP contribution in [0, 0.1) is 5.82 Å². The van der Waals surface area contributed by atoms with E-state index in [2.05, 4.69) is 5.10 Å². The van der Waals surface area contributed by atoms with Crippen LogP contribution in [0.4, 0.5) is 4.39 Å². The van der Waals surface area contributed by atoms with Gasteiger partial charge < -0.3 is 4.74 Å². The van der Waals surface area contributed by atoms with Crippen molar-refractivity contribution in [2.75, 3.05) is 6.61 Å². The van der Waals surface area contributed by atoms with Crippen molar-refractivity contribution in [3.05, 3.63) is 41.8 Å². The maximum absolute atomic E-state index is 12.9. The summed E-state index contributed by atoms with van der Waals surface area (Å²) in [5.41, 5.74) is 1.56. The summed E-state index contributed by atoms with van der Waals surface area (Å²) < 4.78 is 19.4. The van der Waals surface area contributed by atoms with E-state index in [4.69, 9.17) is 4.74 Å². The highest BCUT2D eigenvalue weighted by Crippen LogP contribution is 2.22. The predicted molar refractivity (Wildman–Crippen MR) is 64.6 cm³/mol. The van der Waals surface area contributed by atoms with Crippen molar-refractivity contribution in [2.24, 2.45) is 7.05 Å². The predicted octanol–water partition coefficient (Wildman–Crippen LogP) is 2.40. The molecule has 0 spiro atoms. The first-order valence-electron chi connectivity index (χ1n) is 5.58. The number of hydrogen-bond acceptors (Lipinski definition) is 3. The Kier molecular flexibility index (Phi) is 3.41. The molecule has 0 N–H and O–H groups in total. The average Bonchev–Trinajstić information content (AvgIpc) is 2.73. The first-order valence-corrected chi connectivity index (χ1v) is 5.58. The van der Waals surface area contributed by atoms with E-state index in [1.54, 1.807) is 32.3 Å². The highest BCUT2D eigenvalue weighted by molar-refractivity contribution is 5.95. The third-order valence-corrected chi connectivity index (χ3v) is 2.44. The van der Waals surface area contributed by atoms with Gasteiger partial charge in [-0.15, -0.1) is 0 Å². The van der Waals surface area contributed by atoms with Crippen LogP contribution in [-0.2, 0) is 11.8 Å². The van der Waals surface area contributed by atoms with Gasteiger partial charge in [0.05, 0.1) is 6.61 Å². The molecule has 0 bridgehead atoms. The molecule has 0 fully saturated rings. The average molecular weight is 248 g/mol. The van der Waals surface area contributed by atoms with Gasteiger partial charge in [-0.3, -0.25) is 4.68 Å². The number of aryl methyl sites for hydroxylation is 1. The van der Waals surface area contributed by atoms with Crippen LogP contribution in [0.1, 0.15) is 17.3 Å². The molecule has 0 saturated heterocycles. The van der Waals surface area contributed by atoms with Crippen LogP contribution in [0.25, 0.3) is 11.3 Å². The molecule has 0 aliphatic carbocycles. The van der Waals surface area contributed by atoms with Crippen LogP contribution in [0.2, 0.25) is 0 Å². The zero-order valence-corrected chi connectivity index (χ0v) is 10.2. The first-order chi connectivity index (χ1) is 8.61. The second kappa shape index (κ2) is 5.00. The first kappa shape index (κ1) is 12.3. The Bertz CT molecular complexity index is 561. The second-order valence-electron chi connectivity index (χ2n) is 3.79. The lowest BCUT2D eigenvalue weighted by Crippen LogP contribution is -2.04. The second-order valence-corrected chi connectivity index (χ2v) is 3.79. The normalized spacial score (nSPS) is 10.4. The van der Waals surface area contributed by atoms with Gasteiger partial charge in [-0.05, 0) is 31.2 Å². The molecule has 1 aromatic carbocycles. The Morgan fingerprint density at radius 3 is 2.67 bits per heavy atom. The van der Waals surface area contributed by atoms with Crippen LogP contribution < -0.4 is 0 Å². The number of ether oxygens (including phenoxy) is 1. The maximum Gasteiger partial charge on any atom is 0.341 e. The Balaban J connectivity index is 2.44. The van der Waals surface area contributed by atoms with Gasteiger partial charge in [0, 0.05) is 18.8 Å². The smallest absolute Gasteiger partial charge is 0.341 e. The molecule has 18 heavy (non-hydrogen) atoms. The van der Waals surface area contributed by atoms with Gasteiger partial charge in [0.2, 0.25) is 0 Å². The molecule has 0 radical (unpaired) electrons. The molecule has 2 rings (SSSR count). The van der Waals surface area contributed by atoms with Crippen LogP contribution in [-0.4, -0.2) is 22.4 Å². The fraction of sp³-hybridized carbons (Fsp3) is 0.231. The zero-order valence-electron chi connectivity index (χ0n) is 10.2. The van der Waals surface area contributed by atoms with E-state index >= 15 is 0 Å². The van der Waals surface area contributed by atoms with E-state index in [0.717, 1.165) is 0 Å². The van der Waals surface area contributed by atoms with Crippen LogP contribution in [0.5, 0.6) is 0 Å². The topological polar surface area (TPSA) is 44.1 Å². The fourth-order valence-electron chi connectivity index (χ4n) is 1.67. The molecule has 1 heterocycles. The zero-order chi connectivity index (χ0) is 13.1. The number of aromatic nitrogens is 2. The molecule has 0 aliphatic rings. The van der Waals surface area contributed by atoms with E-state index in [-0.39, 0.29) is 5.82 Å². The summed E-state index contributed by atoms with van der Waals surface area (Å²) in [6.07, 6.45) is 1.59. The van der Waals surface area contributed by atoms with Crippen molar-refractivity contribution in [3.8, 4) is 11.3 Å². The van der Waals surface area contributed by atoms with E-state index in [1.165, 1.54) is 16.8 Å². The van der Waals surface area contributed by atoms with E-state index in [1.807, 2.05) is 0 Å². The summed E-state index contributed by atoms with van der Waals surface area (Å²) in [6, 6.07) is 5.83. The van der Waals surface area contributed by atoms with Crippen molar-refractivity contribution in [2.45, 2.75) is 6.92 Å². The van der Waals surface area contributed by atoms with Gasteiger partial charge in [0.15, 0.2) is 0 Å². The molecule has 94 valence electrons. The van der Waals surface area contributed by atoms with Crippen LogP contribution >= 0.6 is 0 Å². The quantitative estimate of drug-likeness (QED) is 0.783. The summed E-state index contributed by atoms with van der Waals surface area (Å²) in [5.74, 6) is -0.753. The van der Waals surface area contributed by atoms with Crippen molar-refractivity contribution in [1.29, 1.82) is 0 Å². The van der Waals surface area contributed by atoms with Crippen LogP contribution in [0.15, 0.2) is 30.5 Å². The number of rotatable bonds is 3. The molecule has 0 saturated carbocycles. The van der Waals surface area contributed by atoms with Crippen molar-refractivity contribution < 1.29 is 13.9 Å². The molecular formula is C13H13FN2O2. The number of carbonyl (C=O) groups excluding carboxylic acids is 1. The van der Waals surface area contributed by atoms with Crippen molar-refractivity contribution in [1.82, 2.24) is 9.78 Å². The molecule has 5 heteroatoms. The summed E-state index contributed by atoms with van der Waals surface area (Å²) >= 11 is 0. The highest BCUT2D eigenvalue weighted by atomic mass is 19.1. The number of halogens is 1. The monoisotopic (exact) mass is 248 g/mol. The van der Waals surface area contributed by atoms with E-state index < -0.39 is 5.97 Å². The lowest BCUT2D eigenvalue weighted by molar-refractivity contribution is 0.0527. The number of carbonyl (C=O) groups is 1. The SMILES string of the molecule is CCOC(=O)c1cn(C)nc1-c1ccc(F)cc1. The maximum atomic E-state index is 12.9. The van der Waals surface area contributed by atoms with E-state index in [0.29, 0.717) is 23.4 Å². The van der Waals surface area contributed by atoms with E-state index in [9.17, 15) is 9.18 Å². The van der Waals surface area contributed by atoms with Crippen LogP contribution in [0.3, 0.4) is 0 Å². The summed E-state index contributed by atoms with van der Waals surface area (Å²) in [4.78, 5) is 11.8. The molecule has 1 aromatic heterocycles. The summed E-state index contributed by atoms with van der Waals surface area (Å²) in [6.45, 7) is 2.04. The molecule has 0 amide bonds. The van der Waals surface area contributed by atoms with Crippen molar-refractivity contribution in [3.63, 3.8) is 0 Å².